The minimum atomic E-state index is 0.685. The van der Waals surface area contributed by atoms with E-state index < -0.39 is 0 Å². The number of nitrogens with two attached hydrogens (primary N) is 1. The molecule has 0 aliphatic heterocycles. The summed E-state index contributed by atoms with van der Waals surface area (Å²) < 4.78 is 0. The Morgan fingerprint density at radius 2 is 1.78 bits per heavy atom. The topological polar surface area (TPSA) is 26.0 Å². The second-order valence-electron chi connectivity index (χ2n) is 4.97. The number of halogens is 1. The molecule has 2 aromatic carbocycles. The first-order chi connectivity index (χ1) is 8.72. The second-order valence-corrected chi connectivity index (χ2v) is 5.38. The van der Waals surface area contributed by atoms with Gasteiger partial charge in [0.15, 0.2) is 0 Å². The van der Waals surface area contributed by atoms with Crippen molar-refractivity contribution in [1.82, 2.24) is 0 Å². The smallest absolute Gasteiger partial charge is 0.0484 e. The van der Waals surface area contributed by atoms with Crippen LogP contribution in [0.5, 0.6) is 0 Å². The van der Waals surface area contributed by atoms with Gasteiger partial charge in [-0.1, -0.05) is 48.9 Å². The Morgan fingerprint density at radius 3 is 2.50 bits per heavy atom. The molecule has 0 aliphatic rings. The Labute approximate surface area is 114 Å². The molecule has 0 heterocycles. The first-order valence-electron chi connectivity index (χ1n) is 6.58. The lowest BCUT2D eigenvalue weighted by molar-refractivity contribution is 0.500. The van der Waals surface area contributed by atoms with Gasteiger partial charge in [0.05, 0.1) is 0 Å². The van der Waals surface area contributed by atoms with Crippen LogP contribution in [-0.4, -0.2) is 6.54 Å². The van der Waals surface area contributed by atoms with Crippen molar-refractivity contribution in [2.45, 2.75) is 26.2 Å². The molecule has 0 aromatic heterocycles. The maximum absolute atomic E-state index is 6.22. The SMILES string of the molecule is CC(CCN)CCc1ccc(Cl)c2ccccc12. The van der Waals surface area contributed by atoms with Crippen molar-refractivity contribution < 1.29 is 0 Å². The summed E-state index contributed by atoms with van der Waals surface area (Å²) in [7, 11) is 0. The zero-order chi connectivity index (χ0) is 13.0. The van der Waals surface area contributed by atoms with Crippen LogP contribution in [0.25, 0.3) is 10.8 Å². The van der Waals surface area contributed by atoms with Crippen LogP contribution >= 0.6 is 11.6 Å². The molecule has 0 spiro atoms. The maximum atomic E-state index is 6.22. The normalized spacial score (nSPS) is 12.8. The van der Waals surface area contributed by atoms with Crippen molar-refractivity contribution in [3.05, 3.63) is 47.0 Å². The monoisotopic (exact) mass is 261 g/mol. The number of benzene rings is 2. The van der Waals surface area contributed by atoms with Gasteiger partial charge in [-0.2, -0.15) is 0 Å². The number of aryl methyl sites for hydroxylation is 1. The molecule has 0 aliphatic carbocycles. The number of fused-ring (bicyclic) bond motifs is 1. The molecule has 2 rings (SSSR count). The Bertz CT molecular complexity index is 521. The molecule has 0 radical (unpaired) electrons. The highest BCUT2D eigenvalue weighted by Gasteiger charge is 2.06. The van der Waals surface area contributed by atoms with Gasteiger partial charge in [0.2, 0.25) is 0 Å². The quantitative estimate of drug-likeness (QED) is 0.848. The summed E-state index contributed by atoms with van der Waals surface area (Å²) in [5, 5.41) is 3.28. The first-order valence-corrected chi connectivity index (χ1v) is 6.96. The maximum Gasteiger partial charge on any atom is 0.0484 e. The Kier molecular flexibility index (Phi) is 4.62. The fraction of sp³-hybridized carbons (Fsp3) is 0.375. The lowest BCUT2D eigenvalue weighted by atomic mass is 9.95. The van der Waals surface area contributed by atoms with Crippen LogP contribution in [0, 0.1) is 5.92 Å². The van der Waals surface area contributed by atoms with E-state index in [1.807, 2.05) is 12.1 Å². The molecule has 0 bridgehead atoms. The van der Waals surface area contributed by atoms with Crippen molar-refractivity contribution in [1.29, 1.82) is 0 Å². The fourth-order valence-electron chi connectivity index (χ4n) is 2.37. The first kappa shape index (κ1) is 13.4. The van der Waals surface area contributed by atoms with Gasteiger partial charge >= 0.3 is 0 Å². The largest absolute Gasteiger partial charge is 0.330 e. The van der Waals surface area contributed by atoms with Crippen molar-refractivity contribution in [3.63, 3.8) is 0 Å². The van der Waals surface area contributed by atoms with E-state index in [1.54, 1.807) is 0 Å². The van der Waals surface area contributed by atoms with Crippen LogP contribution in [0.1, 0.15) is 25.3 Å². The van der Waals surface area contributed by atoms with Crippen LogP contribution in [0.4, 0.5) is 0 Å². The van der Waals surface area contributed by atoms with E-state index in [0.29, 0.717) is 5.92 Å². The fourth-order valence-corrected chi connectivity index (χ4v) is 2.60. The van der Waals surface area contributed by atoms with Gasteiger partial charge in [-0.3, -0.25) is 0 Å². The molecule has 2 heteroatoms. The highest BCUT2D eigenvalue weighted by molar-refractivity contribution is 6.35. The molecule has 96 valence electrons. The molecule has 1 atom stereocenters. The van der Waals surface area contributed by atoms with E-state index in [0.717, 1.165) is 29.8 Å². The Balaban J connectivity index is 2.21. The van der Waals surface area contributed by atoms with Crippen LogP contribution in [0.3, 0.4) is 0 Å². The third kappa shape index (κ3) is 3.04. The summed E-state index contributed by atoms with van der Waals surface area (Å²) in [4.78, 5) is 0. The van der Waals surface area contributed by atoms with E-state index in [2.05, 4.69) is 31.2 Å². The van der Waals surface area contributed by atoms with E-state index in [-0.39, 0.29) is 0 Å². The molecule has 0 fully saturated rings. The molecule has 0 saturated heterocycles. The summed E-state index contributed by atoms with van der Waals surface area (Å²) >= 11 is 6.22. The Morgan fingerprint density at radius 1 is 1.06 bits per heavy atom. The molecule has 2 N–H and O–H groups in total. The van der Waals surface area contributed by atoms with E-state index >= 15 is 0 Å². The van der Waals surface area contributed by atoms with E-state index in [4.69, 9.17) is 17.3 Å². The third-order valence-electron chi connectivity index (χ3n) is 3.53. The van der Waals surface area contributed by atoms with Gasteiger partial charge in [-0.25, -0.2) is 0 Å². The molecule has 0 amide bonds. The third-order valence-corrected chi connectivity index (χ3v) is 3.86. The van der Waals surface area contributed by atoms with Crippen molar-refractivity contribution in [2.24, 2.45) is 11.7 Å². The summed E-state index contributed by atoms with van der Waals surface area (Å²) in [5.41, 5.74) is 6.98. The molecule has 2 aromatic rings. The van der Waals surface area contributed by atoms with Gasteiger partial charge in [0.25, 0.3) is 0 Å². The predicted octanol–water partition coefficient (Wildman–Crippen LogP) is 4.41. The average molecular weight is 262 g/mol. The average Bonchev–Trinajstić information content (AvgIpc) is 2.39. The second kappa shape index (κ2) is 6.21. The highest BCUT2D eigenvalue weighted by atomic mass is 35.5. The number of rotatable bonds is 5. The highest BCUT2D eigenvalue weighted by Crippen LogP contribution is 2.27. The zero-order valence-corrected chi connectivity index (χ0v) is 11.6. The number of hydrogen-bond donors (Lipinski definition) is 1. The minimum Gasteiger partial charge on any atom is -0.330 e. The minimum absolute atomic E-state index is 0.685. The van der Waals surface area contributed by atoms with Crippen molar-refractivity contribution in [2.75, 3.05) is 6.54 Å². The summed E-state index contributed by atoms with van der Waals surface area (Å²) in [5.74, 6) is 0.685. The summed E-state index contributed by atoms with van der Waals surface area (Å²) in [6.45, 7) is 3.05. The van der Waals surface area contributed by atoms with Gasteiger partial charge in [-0.15, -0.1) is 0 Å². The number of hydrogen-bond acceptors (Lipinski definition) is 1. The van der Waals surface area contributed by atoms with Crippen molar-refractivity contribution >= 4 is 22.4 Å². The standard InChI is InChI=1S/C16H20ClN/c1-12(10-11-18)6-7-13-8-9-16(17)15-5-3-2-4-14(13)15/h2-5,8-9,12H,6-7,10-11,18H2,1H3. The van der Waals surface area contributed by atoms with Crippen molar-refractivity contribution in [3.8, 4) is 0 Å². The summed E-state index contributed by atoms with van der Waals surface area (Å²) in [6, 6.07) is 12.5. The van der Waals surface area contributed by atoms with Crippen LogP contribution < -0.4 is 5.73 Å². The lowest BCUT2D eigenvalue weighted by Crippen LogP contribution is -2.06. The van der Waals surface area contributed by atoms with E-state index in [1.165, 1.54) is 17.4 Å². The Hall–Kier alpha value is -1.05. The molecule has 1 nitrogen and oxygen atoms in total. The molecular formula is C16H20ClN. The molecular weight excluding hydrogens is 242 g/mol. The van der Waals surface area contributed by atoms with E-state index in [9.17, 15) is 0 Å². The molecule has 1 unspecified atom stereocenters. The van der Waals surface area contributed by atoms with Gasteiger partial charge in [-0.05, 0) is 48.7 Å². The summed E-state index contributed by atoms with van der Waals surface area (Å²) in [6.07, 6.45) is 3.38. The zero-order valence-electron chi connectivity index (χ0n) is 10.8. The predicted molar refractivity (Wildman–Crippen MR) is 80.1 cm³/mol. The van der Waals surface area contributed by atoms with Gasteiger partial charge in [0, 0.05) is 10.4 Å². The lowest BCUT2D eigenvalue weighted by Gasteiger charge is -2.12. The van der Waals surface area contributed by atoms with Gasteiger partial charge in [0.1, 0.15) is 0 Å². The van der Waals surface area contributed by atoms with Gasteiger partial charge < -0.3 is 5.73 Å². The molecule has 0 saturated carbocycles. The van der Waals surface area contributed by atoms with Crippen LogP contribution in [-0.2, 0) is 6.42 Å². The van der Waals surface area contributed by atoms with Crippen LogP contribution in [0.15, 0.2) is 36.4 Å². The molecule has 18 heavy (non-hydrogen) atoms. The van der Waals surface area contributed by atoms with Crippen LogP contribution in [0.2, 0.25) is 5.02 Å².